The van der Waals surface area contributed by atoms with Crippen molar-refractivity contribution in [2.75, 3.05) is 0 Å². The van der Waals surface area contributed by atoms with Crippen molar-refractivity contribution in [2.24, 2.45) is 11.8 Å². The van der Waals surface area contributed by atoms with E-state index in [-0.39, 0.29) is 0 Å². The number of hydrogen-bond acceptors (Lipinski definition) is 1. The summed E-state index contributed by atoms with van der Waals surface area (Å²) in [5.41, 5.74) is 0. The molecule has 1 aliphatic carbocycles. The van der Waals surface area contributed by atoms with Crippen LogP contribution in [-0.2, 0) is 4.79 Å². The SMILES string of the molecule is CCCC(CCC)C(=O)C1CCC1. The molecule has 0 atom stereocenters. The third-order valence-electron chi connectivity index (χ3n) is 3.18. The first-order valence-electron chi connectivity index (χ1n) is 5.83. The Labute approximate surface area is 81.9 Å². The van der Waals surface area contributed by atoms with Crippen LogP contribution in [0.25, 0.3) is 0 Å². The first-order chi connectivity index (χ1) is 6.29. The molecule has 0 aliphatic heterocycles. The fourth-order valence-electron chi connectivity index (χ4n) is 2.15. The van der Waals surface area contributed by atoms with Crippen LogP contribution in [0.2, 0.25) is 0 Å². The molecule has 1 heteroatoms. The van der Waals surface area contributed by atoms with Gasteiger partial charge in [-0.1, -0.05) is 33.1 Å². The summed E-state index contributed by atoms with van der Waals surface area (Å²) in [5, 5.41) is 0. The van der Waals surface area contributed by atoms with Gasteiger partial charge in [0.25, 0.3) is 0 Å². The van der Waals surface area contributed by atoms with Crippen molar-refractivity contribution in [1.82, 2.24) is 0 Å². The van der Waals surface area contributed by atoms with Gasteiger partial charge in [0.1, 0.15) is 5.78 Å². The molecular weight excluding hydrogens is 160 g/mol. The van der Waals surface area contributed by atoms with Crippen molar-refractivity contribution < 1.29 is 4.79 Å². The zero-order chi connectivity index (χ0) is 9.68. The molecule has 0 aromatic rings. The fraction of sp³-hybridized carbons (Fsp3) is 0.917. The van der Waals surface area contributed by atoms with Crippen LogP contribution >= 0.6 is 0 Å². The van der Waals surface area contributed by atoms with Gasteiger partial charge >= 0.3 is 0 Å². The van der Waals surface area contributed by atoms with E-state index in [1.54, 1.807) is 0 Å². The van der Waals surface area contributed by atoms with Gasteiger partial charge in [-0.2, -0.15) is 0 Å². The Balaban J connectivity index is 2.37. The molecular formula is C12H22O. The molecule has 0 saturated heterocycles. The molecule has 0 radical (unpaired) electrons. The van der Waals surface area contributed by atoms with Crippen LogP contribution in [0.5, 0.6) is 0 Å². The maximum Gasteiger partial charge on any atom is 0.139 e. The number of rotatable bonds is 6. The lowest BCUT2D eigenvalue weighted by Crippen LogP contribution is -2.28. The minimum Gasteiger partial charge on any atom is -0.299 e. The summed E-state index contributed by atoms with van der Waals surface area (Å²) in [6, 6.07) is 0. The quantitative estimate of drug-likeness (QED) is 0.613. The van der Waals surface area contributed by atoms with E-state index < -0.39 is 0 Å². The number of ketones is 1. The first-order valence-corrected chi connectivity index (χ1v) is 5.83. The minimum atomic E-state index is 0.389. The molecule has 0 N–H and O–H groups in total. The van der Waals surface area contributed by atoms with Gasteiger partial charge < -0.3 is 0 Å². The van der Waals surface area contributed by atoms with E-state index >= 15 is 0 Å². The number of carbonyl (C=O) groups is 1. The van der Waals surface area contributed by atoms with Gasteiger partial charge in [0, 0.05) is 11.8 Å². The Bertz CT molecular complexity index is 153. The summed E-state index contributed by atoms with van der Waals surface area (Å²) in [4.78, 5) is 11.9. The molecule has 0 heterocycles. The van der Waals surface area contributed by atoms with Crippen molar-refractivity contribution >= 4 is 5.78 Å². The highest BCUT2D eigenvalue weighted by molar-refractivity contribution is 5.84. The van der Waals surface area contributed by atoms with Crippen molar-refractivity contribution in [2.45, 2.75) is 58.8 Å². The predicted molar refractivity (Wildman–Crippen MR) is 55.7 cm³/mol. The Morgan fingerprint density at radius 1 is 1.23 bits per heavy atom. The van der Waals surface area contributed by atoms with Crippen LogP contribution in [0.1, 0.15) is 58.8 Å². The molecule has 13 heavy (non-hydrogen) atoms. The fourth-order valence-corrected chi connectivity index (χ4v) is 2.15. The molecule has 0 aromatic carbocycles. The summed E-state index contributed by atoms with van der Waals surface area (Å²) < 4.78 is 0. The van der Waals surface area contributed by atoms with Crippen LogP contribution in [0.4, 0.5) is 0 Å². The van der Waals surface area contributed by atoms with Crippen molar-refractivity contribution in [3.05, 3.63) is 0 Å². The Kier molecular flexibility index (Phi) is 4.47. The van der Waals surface area contributed by atoms with Crippen LogP contribution in [0, 0.1) is 11.8 Å². The Morgan fingerprint density at radius 2 is 1.77 bits per heavy atom. The van der Waals surface area contributed by atoms with Crippen molar-refractivity contribution in [3.63, 3.8) is 0 Å². The van der Waals surface area contributed by atoms with Gasteiger partial charge in [-0.05, 0) is 25.7 Å². The minimum absolute atomic E-state index is 0.389. The van der Waals surface area contributed by atoms with Crippen LogP contribution < -0.4 is 0 Å². The highest BCUT2D eigenvalue weighted by Crippen LogP contribution is 2.32. The van der Waals surface area contributed by atoms with E-state index in [0.717, 1.165) is 25.7 Å². The van der Waals surface area contributed by atoms with Crippen LogP contribution in [0.3, 0.4) is 0 Å². The molecule has 1 aliphatic rings. The molecule has 0 unspecified atom stereocenters. The second-order valence-electron chi connectivity index (χ2n) is 4.30. The molecule has 0 spiro atoms. The zero-order valence-corrected chi connectivity index (χ0v) is 9.01. The maximum absolute atomic E-state index is 11.9. The highest BCUT2D eigenvalue weighted by Gasteiger charge is 2.29. The van der Waals surface area contributed by atoms with Gasteiger partial charge in [0.05, 0.1) is 0 Å². The predicted octanol–water partition coefficient (Wildman–Crippen LogP) is 3.57. The topological polar surface area (TPSA) is 17.1 Å². The molecule has 1 rings (SSSR count). The van der Waals surface area contributed by atoms with E-state index in [1.807, 2.05) is 0 Å². The Morgan fingerprint density at radius 3 is 2.08 bits per heavy atom. The van der Waals surface area contributed by atoms with E-state index in [4.69, 9.17) is 0 Å². The lowest BCUT2D eigenvalue weighted by molar-refractivity contribution is -0.129. The summed E-state index contributed by atoms with van der Waals surface area (Å²) in [6.45, 7) is 4.35. The molecule has 0 amide bonds. The second kappa shape index (κ2) is 5.41. The Hall–Kier alpha value is -0.330. The van der Waals surface area contributed by atoms with E-state index in [1.165, 1.54) is 19.3 Å². The largest absolute Gasteiger partial charge is 0.299 e. The third-order valence-corrected chi connectivity index (χ3v) is 3.18. The molecule has 1 saturated carbocycles. The average Bonchev–Trinajstić information content (AvgIpc) is 2.01. The molecule has 1 fully saturated rings. The van der Waals surface area contributed by atoms with Gasteiger partial charge in [-0.15, -0.1) is 0 Å². The average molecular weight is 182 g/mol. The monoisotopic (exact) mass is 182 g/mol. The molecule has 1 nitrogen and oxygen atoms in total. The number of carbonyl (C=O) groups excluding carboxylic acids is 1. The van der Waals surface area contributed by atoms with Gasteiger partial charge in [0.2, 0.25) is 0 Å². The summed E-state index contributed by atoms with van der Waals surface area (Å²) in [6.07, 6.45) is 8.16. The normalized spacial score (nSPS) is 17.5. The first kappa shape index (κ1) is 10.7. The molecule has 0 aromatic heterocycles. The second-order valence-corrected chi connectivity index (χ2v) is 4.30. The van der Waals surface area contributed by atoms with Crippen molar-refractivity contribution in [3.8, 4) is 0 Å². The van der Waals surface area contributed by atoms with Gasteiger partial charge in [-0.25, -0.2) is 0 Å². The standard InChI is InChI=1S/C12H22O/c1-3-6-10(7-4-2)12(13)11-8-5-9-11/h10-11H,3-9H2,1-2H3. The zero-order valence-electron chi connectivity index (χ0n) is 9.01. The van der Waals surface area contributed by atoms with Crippen LogP contribution in [-0.4, -0.2) is 5.78 Å². The molecule has 0 bridgehead atoms. The summed E-state index contributed by atoms with van der Waals surface area (Å²) in [5.74, 6) is 1.42. The van der Waals surface area contributed by atoms with Crippen LogP contribution in [0.15, 0.2) is 0 Å². The number of Topliss-reactive ketones (excluding diaryl/α,β-unsaturated/α-hetero) is 1. The van der Waals surface area contributed by atoms with Gasteiger partial charge in [0.15, 0.2) is 0 Å². The smallest absolute Gasteiger partial charge is 0.139 e. The van der Waals surface area contributed by atoms with Gasteiger partial charge in [-0.3, -0.25) is 4.79 Å². The van der Waals surface area contributed by atoms with E-state index in [0.29, 0.717) is 17.6 Å². The van der Waals surface area contributed by atoms with E-state index in [9.17, 15) is 4.79 Å². The summed E-state index contributed by atoms with van der Waals surface area (Å²) in [7, 11) is 0. The lowest BCUT2D eigenvalue weighted by atomic mass is 9.76. The van der Waals surface area contributed by atoms with Crippen molar-refractivity contribution in [1.29, 1.82) is 0 Å². The maximum atomic E-state index is 11.9. The summed E-state index contributed by atoms with van der Waals surface area (Å²) >= 11 is 0. The highest BCUT2D eigenvalue weighted by atomic mass is 16.1. The van der Waals surface area contributed by atoms with E-state index in [2.05, 4.69) is 13.8 Å². The third kappa shape index (κ3) is 2.82. The molecule has 76 valence electrons. The number of hydrogen-bond donors (Lipinski definition) is 0. The lowest BCUT2D eigenvalue weighted by Gasteiger charge is -2.28.